The highest BCUT2D eigenvalue weighted by atomic mass is 16.6. The van der Waals surface area contributed by atoms with E-state index < -0.39 is 6.04 Å². The van der Waals surface area contributed by atoms with Gasteiger partial charge in [0.05, 0.1) is 24.6 Å². The maximum Gasteiger partial charge on any atom is 0.253 e. The lowest BCUT2D eigenvalue weighted by atomic mass is 10.1. The summed E-state index contributed by atoms with van der Waals surface area (Å²) in [4.78, 5) is 33.1. The molecule has 0 spiro atoms. The summed E-state index contributed by atoms with van der Waals surface area (Å²) >= 11 is 0. The Hall–Kier alpha value is -4.53. The molecule has 4 aromatic rings. The first-order valence-corrected chi connectivity index (χ1v) is 12.2. The van der Waals surface area contributed by atoms with Crippen molar-refractivity contribution in [3.63, 3.8) is 0 Å². The zero-order valence-electron chi connectivity index (χ0n) is 20.3. The topological polar surface area (TPSA) is 94.9 Å². The van der Waals surface area contributed by atoms with Gasteiger partial charge in [-0.2, -0.15) is 0 Å². The molecule has 6 rings (SSSR count). The molecule has 188 valence electrons. The molecule has 0 radical (unpaired) electrons. The summed E-state index contributed by atoms with van der Waals surface area (Å²) in [5, 5.41) is 2.90. The summed E-state index contributed by atoms with van der Waals surface area (Å²) in [6, 6.07) is 20.0. The van der Waals surface area contributed by atoms with Crippen LogP contribution in [0.3, 0.4) is 0 Å². The zero-order valence-corrected chi connectivity index (χ0v) is 20.3. The van der Waals surface area contributed by atoms with Crippen molar-refractivity contribution in [3.8, 4) is 17.2 Å². The van der Waals surface area contributed by atoms with Crippen molar-refractivity contribution in [2.24, 2.45) is 0 Å². The van der Waals surface area contributed by atoms with Gasteiger partial charge in [-0.25, -0.2) is 4.98 Å². The number of rotatable bonds is 7. The van der Waals surface area contributed by atoms with Gasteiger partial charge in [-0.15, -0.1) is 0 Å². The Bertz CT molecular complexity index is 1480. The average molecular weight is 499 g/mol. The molecule has 3 heterocycles. The first-order chi connectivity index (χ1) is 18.1. The molecule has 0 saturated heterocycles. The standard InChI is InChI=1S/C28H26N4O5/c1-35-20-9-6-18(7-10-20)12-13-31-27(34)23(32-22-5-3-2-4-21(22)30-28(31)32)17-26(33)29-19-8-11-24-25(16-19)37-15-14-36-24/h2-11,16,23H,12-15,17H2,1H3,(H,29,33). The number of ether oxygens (including phenoxy) is 3. The zero-order chi connectivity index (χ0) is 25.4. The van der Waals surface area contributed by atoms with Gasteiger partial charge in [-0.1, -0.05) is 24.3 Å². The molecule has 1 aromatic heterocycles. The third-order valence-corrected chi connectivity index (χ3v) is 6.67. The monoisotopic (exact) mass is 498 g/mol. The van der Waals surface area contributed by atoms with Gasteiger partial charge in [0.1, 0.15) is 25.0 Å². The normalized spacial score (nSPS) is 16.1. The predicted molar refractivity (Wildman–Crippen MR) is 138 cm³/mol. The molecule has 9 heteroatoms. The summed E-state index contributed by atoms with van der Waals surface area (Å²) in [5.74, 6) is 2.18. The maximum absolute atomic E-state index is 13.6. The van der Waals surface area contributed by atoms with Crippen LogP contribution in [0.2, 0.25) is 0 Å². The van der Waals surface area contributed by atoms with Crippen molar-refractivity contribution >= 4 is 34.5 Å². The fourth-order valence-electron chi connectivity index (χ4n) is 4.85. The summed E-state index contributed by atoms with van der Waals surface area (Å²) in [7, 11) is 1.63. The largest absolute Gasteiger partial charge is 0.497 e. The van der Waals surface area contributed by atoms with Gasteiger partial charge in [0.25, 0.3) is 5.91 Å². The number of methoxy groups -OCH3 is 1. The number of carbonyl (C=O) groups is 2. The van der Waals surface area contributed by atoms with E-state index in [1.165, 1.54) is 0 Å². The number of imidazole rings is 1. The number of aromatic nitrogens is 2. The minimum absolute atomic E-state index is 0.0142. The second-order valence-electron chi connectivity index (χ2n) is 8.99. The number of amides is 2. The Morgan fingerprint density at radius 3 is 2.65 bits per heavy atom. The first-order valence-electron chi connectivity index (χ1n) is 12.2. The van der Waals surface area contributed by atoms with Crippen LogP contribution in [0.25, 0.3) is 11.0 Å². The maximum atomic E-state index is 13.6. The van der Waals surface area contributed by atoms with Gasteiger partial charge in [0.15, 0.2) is 11.5 Å². The van der Waals surface area contributed by atoms with E-state index in [4.69, 9.17) is 19.2 Å². The molecule has 3 aromatic carbocycles. The summed E-state index contributed by atoms with van der Waals surface area (Å²) < 4.78 is 18.3. The van der Waals surface area contributed by atoms with Crippen molar-refractivity contribution in [2.45, 2.75) is 18.9 Å². The van der Waals surface area contributed by atoms with E-state index >= 15 is 0 Å². The fourth-order valence-corrected chi connectivity index (χ4v) is 4.85. The van der Waals surface area contributed by atoms with E-state index in [2.05, 4.69) is 5.32 Å². The Labute approximate surface area is 213 Å². The number of carbonyl (C=O) groups excluding carboxylic acids is 2. The number of benzene rings is 3. The molecule has 0 saturated carbocycles. The number of para-hydroxylation sites is 2. The van der Waals surface area contributed by atoms with E-state index in [1.54, 1.807) is 30.2 Å². The number of fused-ring (bicyclic) bond motifs is 4. The van der Waals surface area contributed by atoms with E-state index in [-0.39, 0.29) is 18.2 Å². The van der Waals surface area contributed by atoms with Gasteiger partial charge in [-0.3, -0.25) is 19.1 Å². The quantitative estimate of drug-likeness (QED) is 0.414. The highest BCUT2D eigenvalue weighted by Crippen LogP contribution is 2.37. The second kappa shape index (κ2) is 9.50. The van der Waals surface area contributed by atoms with E-state index in [9.17, 15) is 9.59 Å². The summed E-state index contributed by atoms with van der Waals surface area (Å²) in [5.41, 5.74) is 3.29. The molecule has 1 atom stereocenters. The Morgan fingerprint density at radius 1 is 1.05 bits per heavy atom. The van der Waals surface area contributed by atoms with Gasteiger partial charge in [0.2, 0.25) is 11.9 Å². The van der Waals surface area contributed by atoms with Crippen molar-refractivity contribution < 1.29 is 23.8 Å². The molecule has 1 N–H and O–H groups in total. The van der Waals surface area contributed by atoms with Crippen LogP contribution in [0.5, 0.6) is 17.2 Å². The lowest BCUT2D eigenvalue weighted by molar-refractivity contribution is -0.124. The van der Waals surface area contributed by atoms with Crippen LogP contribution in [0.15, 0.2) is 66.7 Å². The molecule has 0 aliphatic carbocycles. The van der Waals surface area contributed by atoms with Gasteiger partial charge >= 0.3 is 0 Å². The van der Waals surface area contributed by atoms with Crippen LogP contribution in [0.4, 0.5) is 11.6 Å². The van der Waals surface area contributed by atoms with Crippen LogP contribution < -0.4 is 24.4 Å². The molecular weight excluding hydrogens is 472 g/mol. The summed E-state index contributed by atoms with van der Waals surface area (Å²) in [6.07, 6.45) is 0.634. The lowest BCUT2D eigenvalue weighted by Gasteiger charge is -2.19. The van der Waals surface area contributed by atoms with Crippen molar-refractivity contribution in [1.29, 1.82) is 0 Å². The fraction of sp³-hybridized carbons (Fsp3) is 0.250. The molecule has 1 unspecified atom stereocenters. The number of nitrogens with one attached hydrogen (secondary N) is 1. The molecule has 2 amide bonds. The van der Waals surface area contributed by atoms with Crippen LogP contribution in [-0.4, -0.2) is 48.2 Å². The number of nitrogens with zero attached hydrogens (tertiary/aromatic N) is 3. The van der Waals surface area contributed by atoms with Gasteiger partial charge in [0, 0.05) is 18.3 Å². The molecule has 2 aliphatic heterocycles. The van der Waals surface area contributed by atoms with Gasteiger partial charge in [-0.05, 0) is 48.4 Å². The SMILES string of the molecule is COc1ccc(CCN2C(=O)C(CC(=O)Nc3ccc4c(c3)OCCO4)n3c2nc2ccccc23)cc1. The third-order valence-electron chi connectivity index (χ3n) is 6.67. The Morgan fingerprint density at radius 2 is 1.84 bits per heavy atom. The smallest absolute Gasteiger partial charge is 0.253 e. The Balaban J connectivity index is 1.23. The highest BCUT2D eigenvalue weighted by Gasteiger charge is 2.40. The Kier molecular flexibility index (Phi) is 5.88. The second-order valence-corrected chi connectivity index (χ2v) is 8.99. The van der Waals surface area contributed by atoms with E-state index in [1.807, 2.05) is 53.1 Å². The molecule has 37 heavy (non-hydrogen) atoms. The average Bonchev–Trinajstić information content (AvgIpc) is 3.42. The van der Waals surface area contributed by atoms with Crippen molar-refractivity contribution in [1.82, 2.24) is 9.55 Å². The van der Waals surface area contributed by atoms with Crippen LogP contribution in [-0.2, 0) is 16.0 Å². The highest BCUT2D eigenvalue weighted by molar-refractivity contribution is 6.05. The van der Waals surface area contributed by atoms with Crippen LogP contribution in [0.1, 0.15) is 18.0 Å². The third kappa shape index (κ3) is 4.33. The van der Waals surface area contributed by atoms with Gasteiger partial charge < -0.3 is 19.5 Å². The van der Waals surface area contributed by atoms with E-state index in [0.29, 0.717) is 49.3 Å². The molecular formula is C28H26N4O5. The van der Waals surface area contributed by atoms with Crippen molar-refractivity contribution in [3.05, 3.63) is 72.3 Å². The first kappa shape index (κ1) is 22.9. The minimum Gasteiger partial charge on any atom is -0.497 e. The lowest BCUT2D eigenvalue weighted by Crippen LogP contribution is -2.33. The van der Waals surface area contributed by atoms with Crippen LogP contribution in [0, 0.1) is 0 Å². The summed E-state index contributed by atoms with van der Waals surface area (Å²) in [6.45, 7) is 1.41. The molecule has 9 nitrogen and oxygen atoms in total. The van der Waals surface area contributed by atoms with E-state index in [0.717, 1.165) is 22.3 Å². The predicted octanol–water partition coefficient (Wildman–Crippen LogP) is 3.98. The molecule has 2 aliphatic rings. The minimum atomic E-state index is -0.685. The molecule has 0 bridgehead atoms. The van der Waals surface area contributed by atoms with Crippen molar-refractivity contribution in [2.75, 3.05) is 37.1 Å². The number of hydrogen-bond donors (Lipinski definition) is 1. The molecule has 0 fully saturated rings. The number of anilines is 2. The van der Waals surface area contributed by atoms with Crippen LogP contribution >= 0.6 is 0 Å². The number of hydrogen-bond acceptors (Lipinski definition) is 6.